The van der Waals surface area contributed by atoms with Crippen LogP contribution in [0.4, 0.5) is 10.5 Å². The molecule has 0 aliphatic carbocycles. The topological polar surface area (TPSA) is 52.9 Å². The Kier molecular flexibility index (Phi) is 4.58. The lowest BCUT2D eigenvalue weighted by molar-refractivity contribution is 0.142. The van der Waals surface area contributed by atoms with E-state index < -0.39 is 0 Å². The Bertz CT molecular complexity index is 911. The van der Waals surface area contributed by atoms with E-state index in [2.05, 4.69) is 19.6 Å². The lowest BCUT2D eigenvalue weighted by atomic mass is 10.2. The zero-order valence-electron chi connectivity index (χ0n) is 14.9. The van der Waals surface area contributed by atoms with Crippen molar-refractivity contribution in [2.75, 3.05) is 31.5 Å². The summed E-state index contributed by atoms with van der Waals surface area (Å²) in [5.74, 6) is 0. The minimum atomic E-state index is -0.0197. The number of fused-ring (bicyclic) bond motifs is 1. The van der Waals surface area contributed by atoms with Gasteiger partial charge in [0.2, 0.25) is 0 Å². The second kappa shape index (κ2) is 7.17. The zero-order valence-corrected chi connectivity index (χ0v) is 14.9. The van der Waals surface area contributed by atoms with Crippen LogP contribution in [-0.4, -0.2) is 51.4 Å². The van der Waals surface area contributed by atoms with E-state index in [4.69, 9.17) is 0 Å². The maximum absolute atomic E-state index is 12.5. The Balaban J connectivity index is 1.34. The Morgan fingerprint density at radius 1 is 1.08 bits per heavy atom. The van der Waals surface area contributed by atoms with E-state index in [9.17, 15) is 4.79 Å². The quantitative estimate of drug-likeness (QED) is 0.791. The molecule has 0 saturated carbocycles. The molecule has 0 atom stereocenters. The van der Waals surface area contributed by atoms with Crippen molar-refractivity contribution in [3.8, 4) is 0 Å². The van der Waals surface area contributed by atoms with Crippen molar-refractivity contribution < 1.29 is 4.79 Å². The number of aromatic nitrogens is 2. The number of para-hydroxylation sites is 1. The third kappa shape index (κ3) is 3.41. The van der Waals surface area contributed by atoms with E-state index >= 15 is 0 Å². The summed E-state index contributed by atoms with van der Waals surface area (Å²) in [6.45, 7) is 6.04. The number of hydrogen-bond donors (Lipinski definition) is 1. The molecule has 0 bridgehead atoms. The summed E-state index contributed by atoms with van der Waals surface area (Å²) in [5.41, 5.74) is 4.11. The number of piperazine rings is 1. The minimum absolute atomic E-state index is 0.0197. The van der Waals surface area contributed by atoms with E-state index in [1.807, 2.05) is 66.7 Å². The highest BCUT2D eigenvalue weighted by molar-refractivity contribution is 5.90. The summed E-state index contributed by atoms with van der Waals surface area (Å²) in [4.78, 5) is 21.2. The highest BCUT2D eigenvalue weighted by Crippen LogP contribution is 2.15. The molecule has 4 rings (SSSR count). The fraction of sp³-hybridized carbons (Fsp3) is 0.300. The van der Waals surface area contributed by atoms with Gasteiger partial charge in [0.15, 0.2) is 0 Å². The van der Waals surface area contributed by atoms with Gasteiger partial charge in [0.1, 0.15) is 5.65 Å². The lowest BCUT2D eigenvalue weighted by Gasteiger charge is -2.34. The van der Waals surface area contributed by atoms with Gasteiger partial charge in [-0.2, -0.15) is 0 Å². The van der Waals surface area contributed by atoms with Crippen LogP contribution in [0.1, 0.15) is 11.3 Å². The van der Waals surface area contributed by atoms with Crippen LogP contribution in [0, 0.1) is 6.92 Å². The van der Waals surface area contributed by atoms with Crippen LogP contribution in [0.25, 0.3) is 5.65 Å². The highest BCUT2D eigenvalue weighted by atomic mass is 16.2. The largest absolute Gasteiger partial charge is 0.322 e. The Morgan fingerprint density at radius 3 is 2.65 bits per heavy atom. The van der Waals surface area contributed by atoms with Crippen molar-refractivity contribution in [3.63, 3.8) is 0 Å². The minimum Gasteiger partial charge on any atom is -0.322 e. The molecule has 1 aromatic carbocycles. The molecule has 1 aliphatic heterocycles. The van der Waals surface area contributed by atoms with Gasteiger partial charge >= 0.3 is 6.03 Å². The average Bonchev–Trinajstić information content (AvgIpc) is 3.07. The van der Waals surface area contributed by atoms with Gasteiger partial charge < -0.3 is 14.6 Å². The predicted octanol–water partition coefficient (Wildman–Crippen LogP) is 2.99. The van der Waals surface area contributed by atoms with Crippen LogP contribution in [0.3, 0.4) is 0 Å². The predicted molar refractivity (Wildman–Crippen MR) is 102 cm³/mol. The number of rotatable bonds is 3. The molecule has 3 heterocycles. The molecule has 1 fully saturated rings. The van der Waals surface area contributed by atoms with E-state index in [0.717, 1.165) is 49.6 Å². The molecule has 3 aromatic rings. The first-order chi connectivity index (χ1) is 12.7. The molecular weight excluding hydrogens is 326 g/mol. The summed E-state index contributed by atoms with van der Waals surface area (Å²) >= 11 is 0. The van der Waals surface area contributed by atoms with Crippen molar-refractivity contribution in [1.82, 2.24) is 19.2 Å². The van der Waals surface area contributed by atoms with Crippen molar-refractivity contribution in [2.24, 2.45) is 0 Å². The average molecular weight is 349 g/mol. The van der Waals surface area contributed by atoms with E-state index in [1.165, 1.54) is 5.69 Å². The number of amides is 2. The lowest BCUT2D eigenvalue weighted by Crippen LogP contribution is -2.49. The Morgan fingerprint density at radius 2 is 1.85 bits per heavy atom. The molecule has 6 heteroatoms. The maximum Gasteiger partial charge on any atom is 0.321 e. The molecule has 0 spiro atoms. The van der Waals surface area contributed by atoms with Crippen LogP contribution in [0.2, 0.25) is 0 Å². The third-order valence-corrected chi connectivity index (χ3v) is 4.93. The maximum atomic E-state index is 12.5. The number of aryl methyl sites for hydroxylation is 1. The summed E-state index contributed by atoms with van der Waals surface area (Å²) in [6, 6.07) is 13.9. The first-order valence-corrected chi connectivity index (χ1v) is 8.95. The van der Waals surface area contributed by atoms with Crippen molar-refractivity contribution in [3.05, 3.63) is 66.1 Å². The van der Waals surface area contributed by atoms with Gasteiger partial charge in [0.05, 0.1) is 11.9 Å². The van der Waals surface area contributed by atoms with Gasteiger partial charge in [-0.3, -0.25) is 4.90 Å². The molecule has 134 valence electrons. The number of anilines is 1. The monoisotopic (exact) mass is 349 g/mol. The highest BCUT2D eigenvalue weighted by Gasteiger charge is 2.22. The number of nitrogens with zero attached hydrogens (tertiary/aromatic N) is 4. The molecule has 26 heavy (non-hydrogen) atoms. The van der Waals surface area contributed by atoms with Gasteiger partial charge in [-0.15, -0.1) is 0 Å². The van der Waals surface area contributed by atoms with E-state index in [-0.39, 0.29) is 6.03 Å². The number of hydrogen-bond acceptors (Lipinski definition) is 3. The number of urea groups is 1. The molecule has 0 radical (unpaired) electrons. The molecule has 2 amide bonds. The Hall–Kier alpha value is -2.86. The third-order valence-electron chi connectivity index (χ3n) is 4.93. The normalized spacial score (nSPS) is 15.3. The van der Waals surface area contributed by atoms with Gasteiger partial charge in [-0.1, -0.05) is 24.3 Å². The second-order valence-electron chi connectivity index (χ2n) is 6.69. The molecule has 6 nitrogen and oxygen atoms in total. The van der Waals surface area contributed by atoms with Crippen molar-refractivity contribution in [2.45, 2.75) is 13.5 Å². The Labute approximate surface area is 153 Å². The van der Waals surface area contributed by atoms with Crippen LogP contribution in [-0.2, 0) is 6.54 Å². The van der Waals surface area contributed by atoms with E-state index in [0.29, 0.717) is 0 Å². The van der Waals surface area contributed by atoms with Crippen LogP contribution in [0.15, 0.2) is 54.9 Å². The van der Waals surface area contributed by atoms with Crippen LogP contribution < -0.4 is 5.32 Å². The number of benzene rings is 1. The number of carbonyl (C=O) groups excluding carboxylic acids is 1. The van der Waals surface area contributed by atoms with Gasteiger partial charge in [-0.05, 0) is 30.7 Å². The fourth-order valence-corrected chi connectivity index (χ4v) is 3.35. The number of carbonyl (C=O) groups is 1. The smallest absolute Gasteiger partial charge is 0.321 e. The fourth-order valence-electron chi connectivity index (χ4n) is 3.35. The van der Waals surface area contributed by atoms with Crippen LogP contribution in [0.5, 0.6) is 0 Å². The standard InChI is InChI=1S/C20H23N5O/c1-16-6-2-3-7-18(16)22-20(26)24-12-10-23(11-13-24)15-17-14-21-19-8-4-5-9-25(17)19/h2-9,14H,10-13,15H2,1H3,(H,22,26). The van der Waals surface area contributed by atoms with E-state index in [1.54, 1.807) is 0 Å². The van der Waals surface area contributed by atoms with Gasteiger partial charge in [0, 0.05) is 44.6 Å². The number of pyridine rings is 1. The first kappa shape index (κ1) is 16.6. The van der Waals surface area contributed by atoms with Gasteiger partial charge in [0.25, 0.3) is 0 Å². The molecule has 1 aliphatic rings. The number of nitrogens with one attached hydrogen (secondary N) is 1. The summed E-state index contributed by atoms with van der Waals surface area (Å²) in [6.07, 6.45) is 3.98. The second-order valence-corrected chi connectivity index (χ2v) is 6.69. The molecule has 1 saturated heterocycles. The SMILES string of the molecule is Cc1ccccc1NC(=O)N1CCN(Cc2cnc3ccccn23)CC1. The van der Waals surface area contributed by atoms with Crippen molar-refractivity contribution >= 4 is 17.4 Å². The molecule has 1 N–H and O–H groups in total. The molecular formula is C20H23N5O. The van der Waals surface area contributed by atoms with Gasteiger partial charge in [-0.25, -0.2) is 9.78 Å². The summed E-state index contributed by atoms with van der Waals surface area (Å²) in [7, 11) is 0. The zero-order chi connectivity index (χ0) is 17.9. The molecule has 2 aromatic heterocycles. The van der Waals surface area contributed by atoms with Crippen molar-refractivity contribution in [1.29, 1.82) is 0 Å². The molecule has 0 unspecified atom stereocenters. The summed E-state index contributed by atoms with van der Waals surface area (Å²) < 4.78 is 2.12. The summed E-state index contributed by atoms with van der Waals surface area (Å²) in [5, 5.41) is 3.02. The first-order valence-electron chi connectivity index (χ1n) is 8.95. The van der Waals surface area contributed by atoms with Crippen LogP contribution >= 0.6 is 0 Å². The number of imidazole rings is 1.